The number of rotatable bonds is 4. The zero-order chi connectivity index (χ0) is 10.6. The van der Waals surface area contributed by atoms with Crippen molar-refractivity contribution < 1.29 is 13.5 Å². The summed E-state index contributed by atoms with van der Waals surface area (Å²) in [5, 5.41) is 8.52. The number of hydrogen-bond donors (Lipinski definition) is 2. The Labute approximate surface area is 84.7 Å². The van der Waals surface area contributed by atoms with E-state index in [1.54, 1.807) is 0 Å². The highest BCUT2D eigenvalue weighted by atomic mass is 32.2. The van der Waals surface area contributed by atoms with E-state index in [0.717, 1.165) is 13.1 Å². The molecule has 0 spiro atoms. The molecule has 7 heteroatoms. The standard InChI is InChI=1S/C7H17N3O3S/c1-9-3-5-10(6-4-9)14(12,13)8-2-7-11/h8,11H,2-7H2,1H3. The van der Waals surface area contributed by atoms with Gasteiger partial charge in [0.25, 0.3) is 10.2 Å². The van der Waals surface area contributed by atoms with Gasteiger partial charge < -0.3 is 10.0 Å². The van der Waals surface area contributed by atoms with Crippen molar-refractivity contribution >= 4 is 10.2 Å². The fraction of sp³-hybridized carbons (Fsp3) is 1.00. The molecule has 0 bridgehead atoms. The molecular formula is C7H17N3O3S. The van der Waals surface area contributed by atoms with Crippen molar-refractivity contribution in [1.29, 1.82) is 0 Å². The van der Waals surface area contributed by atoms with Gasteiger partial charge in [0.1, 0.15) is 0 Å². The van der Waals surface area contributed by atoms with E-state index < -0.39 is 10.2 Å². The van der Waals surface area contributed by atoms with Crippen molar-refractivity contribution in [2.24, 2.45) is 0 Å². The fourth-order valence-corrected chi connectivity index (χ4v) is 2.47. The quantitative estimate of drug-likeness (QED) is 0.581. The molecule has 1 aliphatic rings. The molecule has 0 aromatic rings. The maximum absolute atomic E-state index is 11.5. The van der Waals surface area contributed by atoms with E-state index in [9.17, 15) is 8.42 Å². The molecule has 1 rings (SSSR count). The molecule has 6 nitrogen and oxygen atoms in total. The average molecular weight is 223 g/mol. The summed E-state index contributed by atoms with van der Waals surface area (Å²) >= 11 is 0. The van der Waals surface area contributed by atoms with Gasteiger partial charge in [-0.25, -0.2) is 0 Å². The fourth-order valence-electron chi connectivity index (χ4n) is 1.29. The van der Waals surface area contributed by atoms with Crippen LogP contribution >= 0.6 is 0 Å². The van der Waals surface area contributed by atoms with Crippen molar-refractivity contribution in [3.05, 3.63) is 0 Å². The third-order valence-electron chi connectivity index (χ3n) is 2.20. The number of nitrogens with one attached hydrogen (secondary N) is 1. The summed E-state index contributed by atoms with van der Waals surface area (Å²) < 4.78 is 26.8. The van der Waals surface area contributed by atoms with E-state index in [1.165, 1.54) is 4.31 Å². The van der Waals surface area contributed by atoms with Crippen molar-refractivity contribution in [1.82, 2.24) is 13.9 Å². The number of hydrogen-bond acceptors (Lipinski definition) is 4. The molecule has 0 unspecified atom stereocenters. The van der Waals surface area contributed by atoms with Crippen molar-refractivity contribution in [3.8, 4) is 0 Å². The van der Waals surface area contributed by atoms with E-state index in [-0.39, 0.29) is 13.2 Å². The first-order chi connectivity index (χ1) is 6.56. The maximum atomic E-state index is 11.5. The lowest BCUT2D eigenvalue weighted by atomic mass is 10.4. The van der Waals surface area contributed by atoms with Crippen molar-refractivity contribution in [2.75, 3.05) is 46.4 Å². The summed E-state index contributed by atoms with van der Waals surface area (Å²) in [6.45, 7) is 2.43. The normalized spacial score (nSPS) is 21.3. The van der Waals surface area contributed by atoms with E-state index in [2.05, 4.69) is 9.62 Å². The third kappa shape index (κ3) is 3.18. The van der Waals surface area contributed by atoms with Crippen LogP contribution in [-0.4, -0.2) is 69.1 Å². The lowest BCUT2D eigenvalue weighted by Crippen LogP contribution is -2.51. The predicted molar refractivity (Wildman–Crippen MR) is 53.1 cm³/mol. The molecule has 0 aliphatic carbocycles. The van der Waals surface area contributed by atoms with Crippen LogP contribution in [-0.2, 0) is 10.2 Å². The van der Waals surface area contributed by atoms with Crippen LogP contribution in [0.3, 0.4) is 0 Å². The number of aliphatic hydroxyl groups is 1. The second-order valence-electron chi connectivity index (χ2n) is 3.33. The monoisotopic (exact) mass is 223 g/mol. The van der Waals surface area contributed by atoms with Crippen LogP contribution in [0.5, 0.6) is 0 Å². The van der Waals surface area contributed by atoms with Gasteiger partial charge in [-0.2, -0.15) is 17.4 Å². The van der Waals surface area contributed by atoms with Gasteiger partial charge in [-0.1, -0.05) is 0 Å². The van der Waals surface area contributed by atoms with Crippen LogP contribution < -0.4 is 4.72 Å². The van der Waals surface area contributed by atoms with E-state index in [0.29, 0.717) is 13.1 Å². The minimum Gasteiger partial charge on any atom is -0.395 e. The molecule has 0 amide bonds. The molecule has 1 heterocycles. The van der Waals surface area contributed by atoms with Crippen LogP contribution in [0, 0.1) is 0 Å². The predicted octanol–water partition coefficient (Wildman–Crippen LogP) is -1.94. The molecular weight excluding hydrogens is 206 g/mol. The average Bonchev–Trinajstić information content (AvgIpc) is 2.16. The molecule has 0 radical (unpaired) electrons. The van der Waals surface area contributed by atoms with Gasteiger partial charge in [-0.15, -0.1) is 0 Å². The van der Waals surface area contributed by atoms with Crippen LogP contribution in [0.15, 0.2) is 0 Å². The summed E-state index contributed by atoms with van der Waals surface area (Å²) in [6.07, 6.45) is 0. The Morgan fingerprint density at radius 2 is 1.86 bits per heavy atom. The van der Waals surface area contributed by atoms with Gasteiger partial charge in [0.2, 0.25) is 0 Å². The molecule has 14 heavy (non-hydrogen) atoms. The first-order valence-electron chi connectivity index (χ1n) is 4.60. The molecule has 1 aliphatic heterocycles. The van der Waals surface area contributed by atoms with E-state index in [4.69, 9.17) is 5.11 Å². The van der Waals surface area contributed by atoms with E-state index >= 15 is 0 Å². The molecule has 2 N–H and O–H groups in total. The van der Waals surface area contributed by atoms with Gasteiger partial charge >= 0.3 is 0 Å². The molecule has 0 aromatic heterocycles. The van der Waals surface area contributed by atoms with Crippen LogP contribution in [0.2, 0.25) is 0 Å². The van der Waals surface area contributed by atoms with Crippen LogP contribution in [0.25, 0.3) is 0 Å². The molecule has 0 aromatic carbocycles. The summed E-state index contributed by atoms with van der Waals surface area (Å²) in [6, 6.07) is 0. The van der Waals surface area contributed by atoms with Gasteiger partial charge in [-0.3, -0.25) is 0 Å². The number of piperazine rings is 1. The largest absolute Gasteiger partial charge is 0.395 e. The Kier molecular flexibility index (Phi) is 4.27. The molecule has 84 valence electrons. The van der Waals surface area contributed by atoms with Gasteiger partial charge in [0.15, 0.2) is 0 Å². The van der Waals surface area contributed by atoms with Crippen molar-refractivity contribution in [2.45, 2.75) is 0 Å². The van der Waals surface area contributed by atoms with Crippen LogP contribution in [0.1, 0.15) is 0 Å². The summed E-state index contributed by atoms with van der Waals surface area (Å²) in [5.41, 5.74) is 0. The summed E-state index contributed by atoms with van der Waals surface area (Å²) in [5.74, 6) is 0. The SMILES string of the molecule is CN1CCN(S(=O)(=O)NCCO)CC1. The van der Waals surface area contributed by atoms with Crippen molar-refractivity contribution in [3.63, 3.8) is 0 Å². The zero-order valence-electron chi connectivity index (χ0n) is 8.31. The zero-order valence-corrected chi connectivity index (χ0v) is 9.13. The first-order valence-corrected chi connectivity index (χ1v) is 6.04. The maximum Gasteiger partial charge on any atom is 0.279 e. The number of likely N-dealkylation sites (N-methyl/N-ethyl adjacent to an activating group) is 1. The number of aliphatic hydroxyl groups excluding tert-OH is 1. The summed E-state index contributed by atoms with van der Waals surface area (Å²) in [7, 11) is -1.41. The van der Waals surface area contributed by atoms with E-state index in [1.807, 2.05) is 7.05 Å². The third-order valence-corrected chi connectivity index (χ3v) is 3.81. The highest BCUT2D eigenvalue weighted by molar-refractivity contribution is 7.87. The topological polar surface area (TPSA) is 72.9 Å². The molecule has 0 saturated carbocycles. The second kappa shape index (κ2) is 5.04. The Hall–Kier alpha value is -0.210. The smallest absolute Gasteiger partial charge is 0.279 e. The van der Waals surface area contributed by atoms with Gasteiger partial charge in [0.05, 0.1) is 6.61 Å². The lowest BCUT2D eigenvalue weighted by Gasteiger charge is -2.31. The van der Waals surface area contributed by atoms with Gasteiger partial charge in [0, 0.05) is 32.7 Å². The minimum absolute atomic E-state index is 0.0780. The Balaban J connectivity index is 2.47. The van der Waals surface area contributed by atoms with Gasteiger partial charge in [-0.05, 0) is 7.05 Å². The molecule has 1 fully saturated rings. The molecule has 1 saturated heterocycles. The lowest BCUT2D eigenvalue weighted by molar-refractivity contribution is 0.220. The number of nitrogens with zero attached hydrogens (tertiary/aromatic N) is 2. The second-order valence-corrected chi connectivity index (χ2v) is 5.08. The Morgan fingerprint density at radius 3 is 2.36 bits per heavy atom. The Bertz CT molecular complexity index is 259. The molecule has 0 atom stereocenters. The highest BCUT2D eigenvalue weighted by Crippen LogP contribution is 2.03. The first kappa shape index (κ1) is 11.9. The van der Waals surface area contributed by atoms with Crippen LogP contribution in [0.4, 0.5) is 0 Å². The highest BCUT2D eigenvalue weighted by Gasteiger charge is 2.24. The Morgan fingerprint density at radius 1 is 1.29 bits per heavy atom. The summed E-state index contributed by atoms with van der Waals surface area (Å²) in [4.78, 5) is 2.08. The minimum atomic E-state index is -3.37.